The molecule has 2 fully saturated rings. The number of amides is 1. The molecule has 1 N–H and O–H groups in total. The first-order chi connectivity index (χ1) is 11.0. The summed E-state index contributed by atoms with van der Waals surface area (Å²) in [5.74, 6) is 0.281. The van der Waals surface area contributed by atoms with Crippen LogP contribution in [0.5, 0.6) is 0 Å². The molecule has 6 heteroatoms. The number of piperidine rings is 1. The van der Waals surface area contributed by atoms with Crippen LogP contribution in [0.15, 0.2) is 0 Å². The summed E-state index contributed by atoms with van der Waals surface area (Å²) in [4.78, 5) is 18.8. The number of piperazine rings is 1. The van der Waals surface area contributed by atoms with Crippen LogP contribution in [0.2, 0.25) is 0 Å². The summed E-state index contributed by atoms with van der Waals surface area (Å²) in [6, 6.07) is 0. The van der Waals surface area contributed by atoms with Gasteiger partial charge in [-0.05, 0) is 33.1 Å². The highest BCUT2D eigenvalue weighted by molar-refractivity contribution is 5.78. The number of hydrogen-bond acceptors (Lipinski definition) is 5. The van der Waals surface area contributed by atoms with Crippen molar-refractivity contribution in [1.82, 2.24) is 14.7 Å². The fourth-order valence-electron chi connectivity index (χ4n) is 3.22. The Bertz CT molecular complexity index is 351. The summed E-state index contributed by atoms with van der Waals surface area (Å²) < 4.78 is 5.45. The summed E-state index contributed by atoms with van der Waals surface area (Å²) >= 11 is 0. The topological polar surface area (TPSA) is 56.3 Å². The third-order valence-electron chi connectivity index (χ3n) is 4.62. The van der Waals surface area contributed by atoms with Crippen molar-refractivity contribution in [3.8, 4) is 0 Å². The molecule has 0 aliphatic carbocycles. The van der Waals surface area contributed by atoms with Gasteiger partial charge in [-0.15, -0.1) is 0 Å². The number of hydrogen-bond donors (Lipinski definition) is 1. The lowest BCUT2D eigenvalue weighted by Gasteiger charge is -2.36. The Morgan fingerprint density at radius 2 is 1.61 bits per heavy atom. The third kappa shape index (κ3) is 6.75. The maximum Gasteiger partial charge on any atom is 0.236 e. The molecular formula is C17H33N3O3. The van der Waals surface area contributed by atoms with Gasteiger partial charge in [-0.25, -0.2) is 0 Å². The van der Waals surface area contributed by atoms with Gasteiger partial charge in [0.25, 0.3) is 0 Å². The molecule has 0 spiro atoms. The van der Waals surface area contributed by atoms with Gasteiger partial charge in [0.1, 0.15) is 0 Å². The molecule has 2 aliphatic rings. The number of rotatable bonds is 7. The summed E-state index contributed by atoms with van der Waals surface area (Å²) in [5.41, 5.74) is 0. The van der Waals surface area contributed by atoms with Crippen LogP contribution in [0.1, 0.15) is 33.1 Å². The van der Waals surface area contributed by atoms with Crippen LogP contribution in [0, 0.1) is 0 Å². The van der Waals surface area contributed by atoms with E-state index in [9.17, 15) is 9.90 Å². The molecule has 0 aromatic carbocycles. The molecule has 2 aliphatic heterocycles. The van der Waals surface area contributed by atoms with Gasteiger partial charge in [0.2, 0.25) is 5.91 Å². The monoisotopic (exact) mass is 327 g/mol. The smallest absolute Gasteiger partial charge is 0.236 e. The SMILES string of the molecule is CC(C)OCC(O)CN1CCN(CC(=O)N2CCCCC2)CC1. The first-order valence-corrected chi connectivity index (χ1v) is 9.06. The second-order valence-electron chi connectivity index (χ2n) is 7.05. The van der Waals surface area contributed by atoms with Gasteiger partial charge in [0.15, 0.2) is 0 Å². The second-order valence-corrected chi connectivity index (χ2v) is 7.05. The van der Waals surface area contributed by atoms with Crippen molar-refractivity contribution in [2.45, 2.75) is 45.3 Å². The van der Waals surface area contributed by atoms with E-state index in [4.69, 9.17) is 4.74 Å². The van der Waals surface area contributed by atoms with Crippen molar-refractivity contribution in [3.05, 3.63) is 0 Å². The van der Waals surface area contributed by atoms with Crippen molar-refractivity contribution in [2.24, 2.45) is 0 Å². The molecule has 134 valence electrons. The van der Waals surface area contributed by atoms with Gasteiger partial charge < -0.3 is 14.7 Å². The van der Waals surface area contributed by atoms with Crippen molar-refractivity contribution in [1.29, 1.82) is 0 Å². The molecule has 0 aromatic heterocycles. The number of carbonyl (C=O) groups is 1. The minimum atomic E-state index is -0.432. The highest BCUT2D eigenvalue weighted by Crippen LogP contribution is 2.10. The van der Waals surface area contributed by atoms with Crippen LogP contribution in [0.25, 0.3) is 0 Å². The van der Waals surface area contributed by atoms with Crippen molar-refractivity contribution in [2.75, 3.05) is 59.0 Å². The lowest BCUT2D eigenvalue weighted by Crippen LogP contribution is -2.52. The van der Waals surface area contributed by atoms with Crippen LogP contribution in [0.4, 0.5) is 0 Å². The number of carbonyl (C=O) groups excluding carboxylic acids is 1. The summed E-state index contributed by atoms with van der Waals surface area (Å²) in [6.45, 7) is 11.0. The van der Waals surface area contributed by atoms with E-state index in [0.29, 0.717) is 19.7 Å². The summed E-state index contributed by atoms with van der Waals surface area (Å²) in [5, 5.41) is 9.99. The normalized spacial score (nSPS) is 22.5. The fourth-order valence-corrected chi connectivity index (χ4v) is 3.22. The Hall–Kier alpha value is -0.690. The van der Waals surface area contributed by atoms with Crippen molar-refractivity contribution < 1.29 is 14.6 Å². The maximum atomic E-state index is 12.3. The highest BCUT2D eigenvalue weighted by Gasteiger charge is 2.23. The third-order valence-corrected chi connectivity index (χ3v) is 4.62. The first-order valence-electron chi connectivity index (χ1n) is 9.06. The lowest BCUT2D eigenvalue weighted by molar-refractivity contribution is -0.133. The summed E-state index contributed by atoms with van der Waals surface area (Å²) in [7, 11) is 0. The van der Waals surface area contributed by atoms with E-state index in [-0.39, 0.29) is 12.0 Å². The molecule has 23 heavy (non-hydrogen) atoms. The van der Waals surface area contributed by atoms with E-state index in [2.05, 4.69) is 9.80 Å². The maximum absolute atomic E-state index is 12.3. The average molecular weight is 327 g/mol. The largest absolute Gasteiger partial charge is 0.389 e. The highest BCUT2D eigenvalue weighted by atomic mass is 16.5. The van der Waals surface area contributed by atoms with E-state index >= 15 is 0 Å². The number of aliphatic hydroxyl groups excluding tert-OH is 1. The van der Waals surface area contributed by atoms with Gasteiger partial charge in [-0.2, -0.15) is 0 Å². The Balaban J connectivity index is 1.62. The number of aliphatic hydroxyl groups is 1. The van der Waals surface area contributed by atoms with E-state index in [0.717, 1.165) is 52.1 Å². The molecule has 0 radical (unpaired) electrons. The zero-order chi connectivity index (χ0) is 16.7. The zero-order valence-corrected chi connectivity index (χ0v) is 14.7. The number of likely N-dealkylation sites (tertiary alicyclic amines) is 1. The van der Waals surface area contributed by atoms with Gasteiger partial charge in [-0.1, -0.05) is 0 Å². The van der Waals surface area contributed by atoms with Gasteiger partial charge in [-0.3, -0.25) is 14.6 Å². The quantitative estimate of drug-likeness (QED) is 0.734. The summed E-state index contributed by atoms with van der Waals surface area (Å²) in [6.07, 6.45) is 3.28. The molecule has 0 bridgehead atoms. The van der Waals surface area contributed by atoms with Crippen LogP contribution in [-0.2, 0) is 9.53 Å². The van der Waals surface area contributed by atoms with Crippen LogP contribution in [0.3, 0.4) is 0 Å². The molecule has 0 aromatic rings. The molecule has 0 saturated carbocycles. The predicted molar refractivity (Wildman–Crippen MR) is 90.4 cm³/mol. The van der Waals surface area contributed by atoms with Crippen molar-refractivity contribution >= 4 is 5.91 Å². The molecule has 6 nitrogen and oxygen atoms in total. The minimum absolute atomic E-state index is 0.155. The van der Waals surface area contributed by atoms with E-state index < -0.39 is 6.10 Å². The van der Waals surface area contributed by atoms with E-state index in [1.165, 1.54) is 6.42 Å². The fraction of sp³-hybridized carbons (Fsp3) is 0.941. The molecular weight excluding hydrogens is 294 g/mol. The Kier molecular flexibility index (Phi) is 7.76. The molecule has 2 rings (SSSR count). The predicted octanol–water partition coefficient (Wildman–Crippen LogP) is 0.402. The standard InChI is InChI=1S/C17H33N3O3/c1-15(2)23-14-16(21)12-18-8-10-19(11-9-18)13-17(22)20-6-4-3-5-7-20/h15-16,21H,3-14H2,1-2H3. The number of ether oxygens (including phenoxy) is 1. The van der Waals surface area contributed by atoms with E-state index in [1.807, 2.05) is 18.7 Å². The molecule has 2 heterocycles. The second kappa shape index (κ2) is 9.57. The number of β-amino-alcohol motifs (C(OH)–C–C–N with tert-alkyl or cyclic N) is 1. The molecule has 2 saturated heterocycles. The Labute approximate surface area is 140 Å². The first kappa shape index (κ1) is 18.6. The average Bonchev–Trinajstić information content (AvgIpc) is 2.55. The van der Waals surface area contributed by atoms with E-state index in [1.54, 1.807) is 0 Å². The number of nitrogens with zero attached hydrogens (tertiary/aromatic N) is 3. The zero-order valence-electron chi connectivity index (χ0n) is 14.7. The molecule has 1 amide bonds. The van der Waals surface area contributed by atoms with Gasteiger partial charge in [0.05, 0.1) is 25.4 Å². The van der Waals surface area contributed by atoms with Crippen LogP contribution >= 0.6 is 0 Å². The molecule has 1 atom stereocenters. The minimum Gasteiger partial charge on any atom is -0.389 e. The van der Waals surface area contributed by atoms with Crippen LogP contribution < -0.4 is 0 Å². The van der Waals surface area contributed by atoms with Gasteiger partial charge >= 0.3 is 0 Å². The van der Waals surface area contributed by atoms with Crippen molar-refractivity contribution in [3.63, 3.8) is 0 Å². The molecule has 1 unspecified atom stereocenters. The lowest BCUT2D eigenvalue weighted by atomic mass is 10.1. The Morgan fingerprint density at radius 3 is 2.22 bits per heavy atom. The van der Waals surface area contributed by atoms with Gasteiger partial charge in [0, 0.05) is 45.8 Å². The Morgan fingerprint density at radius 1 is 1.00 bits per heavy atom. The van der Waals surface area contributed by atoms with Crippen LogP contribution in [-0.4, -0.2) is 96.9 Å².